The molecule has 6 rings (SSSR count). The number of rotatable bonds is 4. The van der Waals surface area contributed by atoms with Gasteiger partial charge in [0.2, 0.25) is 0 Å². The molecule has 2 fully saturated rings. The Hall–Kier alpha value is -3.75. The summed E-state index contributed by atoms with van der Waals surface area (Å²) in [7, 11) is 0. The Morgan fingerprint density at radius 3 is 2.88 bits per heavy atom. The number of likely N-dealkylation sites (tertiary alicyclic amines) is 1. The van der Waals surface area contributed by atoms with Crippen LogP contribution in [-0.4, -0.2) is 62.6 Å². The normalized spacial score (nSPS) is 22.8. The number of fused-ring (bicyclic) bond motifs is 2. The molecule has 9 heteroatoms. The summed E-state index contributed by atoms with van der Waals surface area (Å²) in [5, 5.41) is 10.8. The lowest BCUT2D eigenvalue weighted by atomic mass is 10.00. The fourth-order valence-electron chi connectivity index (χ4n) is 5.09. The van der Waals surface area contributed by atoms with Gasteiger partial charge in [0.25, 0.3) is 11.8 Å². The van der Waals surface area contributed by atoms with Crippen molar-refractivity contribution < 1.29 is 19.1 Å². The zero-order valence-electron chi connectivity index (χ0n) is 17.9. The van der Waals surface area contributed by atoms with Crippen LogP contribution in [0.2, 0.25) is 0 Å². The summed E-state index contributed by atoms with van der Waals surface area (Å²) in [6, 6.07) is 10.4. The number of Topliss-reactive ketones (excluding diaryl/α,β-unsaturated/α-hetero) is 1. The van der Waals surface area contributed by atoms with E-state index in [9.17, 15) is 14.4 Å². The lowest BCUT2D eigenvalue weighted by Crippen LogP contribution is -2.49. The molecular weight excluding hydrogens is 422 g/mol. The Morgan fingerprint density at radius 2 is 2.03 bits per heavy atom. The molecule has 168 valence electrons. The Bertz CT molecular complexity index is 1280. The highest BCUT2D eigenvalue weighted by Crippen LogP contribution is 2.55. The molecule has 1 aromatic carbocycles. The Kier molecular flexibility index (Phi) is 4.46. The predicted molar refractivity (Wildman–Crippen MR) is 117 cm³/mol. The largest absolute Gasteiger partial charge is 0.479 e. The lowest BCUT2D eigenvalue weighted by molar-refractivity contribution is -0.139. The van der Waals surface area contributed by atoms with E-state index in [-0.39, 0.29) is 35.5 Å². The molecule has 1 aliphatic carbocycles. The molecule has 2 aromatic heterocycles. The van der Waals surface area contributed by atoms with Crippen LogP contribution in [0.3, 0.4) is 0 Å². The van der Waals surface area contributed by atoms with Crippen LogP contribution < -0.4 is 10.1 Å². The smallest absolute Gasteiger partial charge is 0.264 e. The van der Waals surface area contributed by atoms with Crippen molar-refractivity contribution in [3.8, 4) is 5.75 Å². The maximum absolute atomic E-state index is 13.5. The summed E-state index contributed by atoms with van der Waals surface area (Å²) in [4.78, 5) is 40.7. The monoisotopic (exact) mass is 445 g/mol. The number of nitrogens with one attached hydrogen (secondary N) is 1. The Balaban J connectivity index is 1.18. The zero-order chi connectivity index (χ0) is 22.6. The van der Waals surface area contributed by atoms with Crippen LogP contribution in [0.15, 0.2) is 48.8 Å². The molecule has 2 aliphatic heterocycles. The molecule has 3 aromatic rings. The second-order valence-corrected chi connectivity index (χ2v) is 9.25. The van der Waals surface area contributed by atoms with E-state index < -0.39 is 6.10 Å². The number of aromatic nitrogens is 3. The molecule has 0 bridgehead atoms. The minimum absolute atomic E-state index is 0.0363. The van der Waals surface area contributed by atoms with E-state index in [1.54, 1.807) is 53.3 Å². The summed E-state index contributed by atoms with van der Waals surface area (Å²) >= 11 is 0. The summed E-state index contributed by atoms with van der Waals surface area (Å²) in [6.07, 6.45) is 5.49. The third-order valence-corrected chi connectivity index (χ3v) is 7.04. The molecule has 33 heavy (non-hydrogen) atoms. The van der Waals surface area contributed by atoms with Gasteiger partial charge in [-0.3, -0.25) is 14.4 Å². The van der Waals surface area contributed by atoms with Crippen LogP contribution in [0.25, 0.3) is 5.52 Å². The lowest BCUT2D eigenvalue weighted by Gasteiger charge is -2.31. The summed E-state index contributed by atoms with van der Waals surface area (Å²) in [6.45, 7) is 0.983. The SMILES string of the molecule is O=C1CC(C(=O)N2CC3(CC3)CC2CNC(=O)c2cccn3nncc23)Oc2ccccc21. The van der Waals surface area contributed by atoms with Gasteiger partial charge in [0.05, 0.1) is 29.3 Å². The van der Waals surface area contributed by atoms with Crippen molar-refractivity contribution in [1.29, 1.82) is 0 Å². The zero-order valence-corrected chi connectivity index (χ0v) is 17.9. The van der Waals surface area contributed by atoms with Crippen molar-refractivity contribution in [3.05, 3.63) is 59.9 Å². The minimum atomic E-state index is -0.828. The second kappa shape index (κ2) is 7.40. The van der Waals surface area contributed by atoms with Crippen molar-refractivity contribution >= 4 is 23.1 Å². The summed E-state index contributed by atoms with van der Waals surface area (Å²) in [5.41, 5.74) is 1.77. The van der Waals surface area contributed by atoms with Gasteiger partial charge in [-0.05, 0) is 48.9 Å². The first-order valence-electron chi connectivity index (χ1n) is 11.2. The number of hydrogen-bond donors (Lipinski definition) is 1. The van der Waals surface area contributed by atoms with E-state index in [1.165, 1.54) is 0 Å². The van der Waals surface area contributed by atoms with Crippen molar-refractivity contribution in [2.24, 2.45) is 5.41 Å². The average molecular weight is 445 g/mol. The molecule has 1 N–H and O–H groups in total. The van der Waals surface area contributed by atoms with Crippen LogP contribution in [-0.2, 0) is 4.79 Å². The number of carbonyl (C=O) groups is 3. The predicted octanol–water partition coefficient (Wildman–Crippen LogP) is 1.87. The van der Waals surface area contributed by atoms with Gasteiger partial charge in [0.1, 0.15) is 5.75 Å². The third-order valence-electron chi connectivity index (χ3n) is 7.04. The number of hydrogen-bond acceptors (Lipinski definition) is 6. The van der Waals surface area contributed by atoms with Gasteiger partial charge in [-0.2, -0.15) is 0 Å². The molecule has 2 unspecified atom stereocenters. The average Bonchev–Trinajstić information content (AvgIpc) is 3.24. The van der Waals surface area contributed by atoms with Gasteiger partial charge in [-0.25, -0.2) is 4.52 Å². The Morgan fingerprint density at radius 1 is 1.18 bits per heavy atom. The first-order chi connectivity index (χ1) is 16.0. The highest BCUT2D eigenvalue weighted by molar-refractivity contribution is 6.03. The number of para-hydroxylation sites is 1. The van der Waals surface area contributed by atoms with E-state index in [0.29, 0.717) is 35.5 Å². The number of nitrogens with zero attached hydrogens (tertiary/aromatic N) is 4. The molecule has 1 saturated heterocycles. The quantitative estimate of drug-likeness (QED) is 0.657. The molecule has 0 radical (unpaired) electrons. The summed E-state index contributed by atoms with van der Waals surface area (Å²) in [5.74, 6) is -0.0317. The van der Waals surface area contributed by atoms with E-state index in [1.807, 2.05) is 4.90 Å². The molecule has 1 spiro atoms. The molecule has 9 nitrogen and oxygen atoms in total. The number of ether oxygens (including phenoxy) is 1. The number of benzene rings is 1. The van der Waals surface area contributed by atoms with Crippen molar-refractivity contribution in [3.63, 3.8) is 0 Å². The summed E-state index contributed by atoms with van der Waals surface area (Å²) < 4.78 is 7.48. The molecule has 2 atom stereocenters. The van der Waals surface area contributed by atoms with Gasteiger partial charge >= 0.3 is 0 Å². The van der Waals surface area contributed by atoms with Crippen LogP contribution in [0.4, 0.5) is 0 Å². The van der Waals surface area contributed by atoms with E-state index in [0.717, 1.165) is 19.3 Å². The van der Waals surface area contributed by atoms with Gasteiger partial charge in [0, 0.05) is 25.3 Å². The highest BCUT2D eigenvalue weighted by Gasteiger charge is 2.54. The number of carbonyl (C=O) groups excluding carboxylic acids is 3. The van der Waals surface area contributed by atoms with Gasteiger partial charge in [0.15, 0.2) is 11.9 Å². The Labute approximate surface area is 189 Å². The van der Waals surface area contributed by atoms with E-state index in [2.05, 4.69) is 15.6 Å². The van der Waals surface area contributed by atoms with Crippen LogP contribution >= 0.6 is 0 Å². The first-order valence-corrected chi connectivity index (χ1v) is 11.2. The number of amides is 2. The second-order valence-electron chi connectivity index (χ2n) is 9.25. The highest BCUT2D eigenvalue weighted by atomic mass is 16.5. The van der Waals surface area contributed by atoms with Crippen molar-refractivity contribution in [2.75, 3.05) is 13.1 Å². The standard InChI is InChI=1S/C24H23N5O4/c30-19-10-21(33-20-6-2-1-4-17(19)20)23(32)28-14-24(7-8-24)11-15(28)12-25-22(31)16-5-3-9-29-18(16)13-26-27-29/h1-6,9,13,15,21H,7-8,10-12,14H2,(H,25,31). The molecule has 2 amide bonds. The van der Waals surface area contributed by atoms with Crippen LogP contribution in [0.5, 0.6) is 5.75 Å². The van der Waals surface area contributed by atoms with Crippen molar-refractivity contribution in [1.82, 2.24) is 25.0 Å². The third kappa shape index (κ3) is 3.44. The first kappa shape index (κ1) is 19.9. The molecular formula is C24H23N5O4. The van der Waals surface area contributed by atoms with Gasteiger partial charge in [-0.1, -0.05) is 17.3 Å². The molecule has 3 aliphatic rings. The van der Waals surface area contributed by atoms with Crippen molar-refractivity contribution in [2.45, 2.75) is 37.8 Å². The fourth-order valence-corrected chi connectivity index (χ4v) is 5.09. The van der Waals surface area contributed by atoms with Crippen LogP contribution in [0.1, 0.15) is 46.4 Å². The maximum atomic E-state index is 13.5. The molecule has 1 saturated carbocycles. The number of pyridine rings is 1. The fraction of sp³-hybridized carbons (Fsp3) is 0.375. The van der Waals surface area contributed by atoms with Crippen LogP contribution in [0, 0.1) is 5.41 Å². The van der Waals surface area contributed by atoms with Gasteiger partial charge in [-0.15, -0.1) is 5.10 Å². The van der Waals surface area contributed by atoms with E-state index in [4.69, 9.17) is 4.74 Å². The minimum Gasteiger partial charge on any atom is -0.479 e. The maximum Gasteiger partial charge on any atom is 0.264 e. The topological polar surface area (TPSA) is 106 Å². The van der Waals surface area contributed by atoms with Gasteiger partial charge < -0.3 is 15.0 Å². The molecule has 4 heterocycles. The van der Waals surface area contributed by atoms with E-state index >= 15 is 0 Å². The number of ketones is 1.